The first-order chi connectivity index (χ1) is 7.54. The summed E-state index contributed by atoms with van der Waals surface area (Å²) in [4.78, 5) is 10.9. The molecule has 0 amide bonds. The fraction of sp³-hybridized carbons (Fsp3) is 0.364. The van der Waals surface area contributed by atoms with Gasteiger partial charge in [-0.15, -0.1) is 0 Å². The van der Waals surface area contributed by atoms with Gasteiger partial charge in [0.1, 0.15) is 5.75 Å². The summed E-state index contributed by atoms with van der Waals surface area (Å²) >= 11 is 11.5. The second-order valence-corrected chi connectivity index (χ2v) is 4.12. The molecule has 0 bridgehead atoms. The van der Waals surface area contributed by atoms with Crippen LogP contribution in [0.2, 0.25) is 10.0 Å². The predicted octanol–water partition coefficient (Wildman–Crippen LogP) is 3.63. The summed E-state index contributed by atoms with van der Waals surface area (Å²) < 4.78 is 5.31. The molecule has 0 aliphatic rings. The van der Waals surface area contributed by atoms with E-state index in [-0.39, 0.29) is 0 Å². The molecule has 0 saturated carbocycles. The molecule has 5 heteroatoms. The number of carboxylic acids is 1. The van der Waals surface area contributed by atoms with Gasteiger partial charge in [-0.1, -0.05) is 36.5 Å². The van der Waals surface area contributed by atoms with Crippen molar-refractivity contribution < 1.29 is 14.6 Å². The Hall–Kier alpha value is -0.930. The Balaban J connectivity index is 2.77. The molecule has 0 heterocycles. The highest BCUT2D eigenvalue weighted by molar-refractivity contribution is 6.42. The number of hydrogen-bond donors (Lipinski definition) is 1. The quantitative estimate of drug-likeness (QED) is 0.882. The molecule has 0 aromatic heterocycles. The lowest BCUT2D eigenvalue weighted by Crippen LogP contribution is -2.26. The first kappa shape index (κ1) is 13.1. The van der Waals surface area contributed by atoms with Crippen LogP contribution in [0.4, 0.5) is 0 Å². The average molecular weight is 263 g/mol. The molecule has 1 aromatic rings. The van der Waals surface area contributed by atoms with Crippen molar-refractivity contribution in [2.75, 3.05) is 0 Å². The van der Waals surface area contributed by atoms with Gasteiger partial charge in [0.2, 0.25) is 0 Å². The Kier molecular flexibility index (Phi) is 4.90. The number of rotatable bonds is 5. The average Bonchev–Trinajstić information content (AvgIpc) is 2.22. The van der Waals surface area contributed by atoms with Gasteiger partial charge in [-0.2, -0.15) is 0 Å². The molecule has 16 heavy (non-hydrogen) atoms. The maximum absolute atomic E-state index is 10.9. The van der Waals surface area contributed by atoms with E-state index in [0.29, 0.717) is 22.2 Å². The highest BCUT2D eigenvalue weighted by atomic mass is 35.5. The third-order valence-electron chi connectivity index (χ3n) is 2.00. The van der Waals surface area contributed by atoms with Crippen molar-refractivity contribution in [3.05, 3.63) is 28.2 Å². The summed E-state index contributed by atoms with van der Waals surface area (Å²) in [5.41, 5.74) is 0. The van der Waals surface area contributed by atoms with Crippen LogP contribution >= 0.6 is 23.2 Å². The topological polar surface area (TPSA) is 46.5 Å². The van der Waals surface area contributed by atoms with Gasteiger partial charge in [-0.3, -0.25) is 0 Å². The molecular formula is C11H12Cl2O3. The molecule has 3 nitrogen and oxygen atoms in total. The van der Waals surface area contributed by atoms with Gasteiger partial charge >= 0.3 is 5.97 Å². The lowest BCUT2D eigenvalue weighted by Gasteiger charge is -2.14. The maximum Gasteiger partial charge on any atom is 0.344 e. The van der Waals surface area contributed by atoms with Crippen molar-refractivity contribution >= 4 is 29.2 Å². The van der Waals surface area contributed by atoms with Crippen LogP contribution in [0.3, 0.4) is 0 Å². The van der Waals surface area contributed by atoms with Gasteiger partial charge in [-0.05, 0) is 18.6 Å². The molecule has 1 aromatic carbocycles. The van der Waals surface area contributed by atoms with Crippen molar-refractivity contribution in [1.29, 1.82) is 0 Å². The summed E-state index contributed by atoms with van der Waals surface area (Å²) in [6.07, 6.45) is 0.343. The number of halogens is 2. The molecule has 0 radical (unpaired) electrons. The molecule has 0 aliphatic heterocycles. The minimum absolute atomic E-state index is 0.347. The highest BCUT2D eigenvalue weighted by Crippen LogP contribution is 2.27. The normalized spacial score (nSPS) is 12.2. The Morgan fingerprint density at radius 2 is 2.12 bits per heavy atom. The van der Waals surface area contributed by atoms with Crippen molar-refractivity contribution in [1.82, 2.24) is 0 Å². The van der Waals surface area contributed by atoms with Crippen LogP contribution in [-0.4, -0.2) is 17.2 Å². The minimum Gasteiger partial charge on any atom is -0.479 e. The van der Waals surface area contributed by atoms with E-state index in [2.05, 4.69) is 0 Å². The zero-order valence-electron chi connectivity index (χ0n) is 8.74. The second-order valence-electron chi connectivity index (χ2n) is 3.31. The van der Waals surface area contributed by atoms with E-state index in [9.17, 15) is 4.79 Å². The van der Waals surface area contributed by atoms with Crippen molar-refractivity contribution in [3.8, 4) is 5.75 Å². The molecule has 0 fully saturated rings. The monoisotopic (exact) mass is 262 g/mol. The minimum atomic E-state index is -0.979. The van der Waals surface area contributed by atoms with E-state index in [1.165, 1.54) is 6.07 Å². The Labute approximate surface area is 104 Å². The number of hydrogen-bond acceptors (Lipinski definition) is 2. The van der Waals surface area contributed by atoms with Crippen molar-refractivity contribution in [2.45, 2.75) is 25.9 Å². The van der Waals surface area contributed by atoms with E-state index < -0.39 is 12.1 Å². The van der Waals surface area contributed by atoms with Crippen LogP contribution in [0.25, 0.3) is 0 Å². The zero-order chi connectivity index (χ0) is 12.1. The zero-order valence-corrected chi connectivity index (χ0v) is 10.3. The van der Waals surface area contributed by atoms with Gasteiger partial charge in [0.05, 0.1) is 10.0 Å². The summed E-state index contributed by atoms with van der Waals surface area (Å²) in [5, 5.41) is 9.67. The van der Waals surface area contributed by atoms with Gasteiger partial charge in [0.15, 0.2) is 6.10 Å². The first-order valence-electron chi connectivity index (χ1n) is 4.89. The molecule has 1 N–H and O–H groups in total. The van der Waals surface area contributed by atoms with Crippen LogP contribution in [-0.2, 0) is 4.79 Å². The van der Waals surface area contributed by atoms with E-state index >= 15 is 0 Å². The Morgan fingerprint density at radius 3 is 2.62 bits per heavy atom. The lowest BCUT2D eigenvalue weighted by molar-refractivity contribution is -0.145. The van der Waals surface area contributed by atoms with E-state index in [4.69, 9.17) is 33.0 Å². The van der Waals surface area contributed by atoms with Crippen molar-refractivity contribution in [2.24, 2.45) is 0 Å². The summed E-state index contributed by atoms with van der Waals surface area (Å²) in [7, 11) is 0. The molecule has 0 aliphatic carbocycles. The fourth-order valence-electron chi connectivity index (χ4n) is 1.21. The fourth-order valence-corrected chi connectivity index (χ4v) is 1.50. The Bertz CT molecular complexity index is 379. The first-order valence-corrected chi connectivity index (χ1v) is 5.64. The smallest absolute Gasteiger partial charge is 0.344 e. The predicted molar refractivity (Wildman–Crippen MR) is 63.4 cm³/mol. The third-order valence-corrected chi connectivity index (χ3v) is 2.73. The van der Waals surface area contributed by atoms with E-state index in [1.807, 2.05) is 6.92 Å². The molecule has 1 unspecified atom stereocenters. The lowest BCUT2D eigenvalue weighted by atomic mass is 10.2. The highest BCUT2D eigenvalue weighted by Gasteiger charge is 2.18. The van der Waals surface area contributed by atoms with Gasteiger partial charge in [0, 0.05) is 6.07 Å². The van der Waals surface area contributed by atoms with Gasteiger partial charge < -0.3 is 9.84 Å². The molecule has 88 valence electrons. The third kappa shape index (κ3) is 3.58. The number of ether oxygens (including phenoxy) is 1. The number of carboxylic acid groups (broad SMARTS) is 1. The summed E-state index contributed by atoms with van der Waals surface area (Å²) in [6.45, 7) is 1.90. The standard InChI is InChI=1S/C11H12Cl2O3/c1-2-3-10(11(14)15)16-7-4-5-8(12)9(13)6-7/h4-6,10H,2-3H2,1H3,(H,14,15). The number of carbonyl (C=O) groups is 1. The summed E-state index contributed by atoms with van der Waals surface area (Å²) in [5.74, 6) is -0.567. The van der Waals surface area contributed by atoms with Gasteiger partial charge in [0.25, 0.3) is 0 Å². The molecule has 1 atom stereocenters. The molecular weight excluding hydrogens is 251 g/mol. The Morgan fingerprint density at radius 1 is 1.44 bits per heavy atom. The maximum atomic E-state index is 10.9. The van der Waals surface area contributed by atoms with Crippen LogP contribution in [0, 0.1) is 0 Å². The van der Waals surface area contributed by atoms with Crippen LogP contribution < -0.4 is 4.74 Å². The molecule has 0 spiro atoms. The van der Waals surface area contributed by atoms with Crippen LogP contribution in [0.15, 0.2) is 18.2 Å². The largest absolute Gasteiger partial charge is 0.479 e. The van der Waals surface area contributed by atoms with Gasteiger partial charge in [-0.25, -0.2) is 4.79 Å². The SMILES string of the molecule is CCCC(Oc1ccc(Cl)c(Cl)c1)C(=O)O. The number of benzene rings is 1. The van der Waals surface area contributed by atoms with Crippen LogP contribution in [0.5, 0.6) is 5.75 Å². The van der Waals surface area contributed by atoms with E-state index in [1.54, 1.807) is 12.1 Å². The van der Waals surface area contributed by atoms with Crippen molar-refractivity contribution in [3.63, 3.8) is 0 Å². The molecule has 1 rings (SSSR count). The molecule has 0 saturated heterocycles. The van der Waals surface area contributed by atoms with E-state index in [0.717, 1.165) is 6.42 Å². The second kappa shape index (κ2) is 5.97. The van der Waals surface area contributed by atoms with Crippen LogP contribution in [0.1, 0.15) is 19.8 Å². The number of aliphatic carboxylic acids is 1. The summed E-state index contributed by atoms with van der Waals surface area (Å²) in [6, 6.07) is 4.68.